The SMILES string of the molecule is CCN(CC)c1ccc(NC2CCC(C)C2)cn1. The molecule has 0 spiro atoms. The summed E-state index contributed by atoms with van der Waals surface area (Å²) >= 11 is 0. The maximum atomic E-state index is 4.55. The Morgan fingerprint density at radius 1 is 1.28 bits per heavy atom. The number of nitrogens with one attached hydrogen (secondary N) is 1. The fourth-order valence-corrected chi connectivity index (χ4v) is 2.78. The average Bonchev–Trinajstić information content (AvgIpc) is 2.78. The van der Waals surface area contributed by atoms with Gasteiger partial charge in [-0.2, -0.15) is 0 Å². The van der Waals surface area contributed by atoms with Crippen LogP contribution in [-0.4, -0.2) is 24.1 Å². The molecule has 0 aromatic carbocycles. The van der Waals surface area contributed by atoms with Crippen molar-refractivity contribution in [3.8, 4) is 0 Å². The van der Waals surface area contributed by atoms with Gasteiger partial charge in [0.25, 0.3) is 0 Å². The number of nitrogens with zero attached hydrogens (tertiary/aromatic N) is 2. The molecule has 0 saturated heterocycles. The first-order valence-corrected chi connectivity index (χ1v) is 7.20. The smallest absolute Gasteiger partial charge is 0.128 e. The highest BCUT2D eigenvalue weighted by Gasteiger charge is 2.20. The molecule has 18 heavy (non-hydrogen) atoms. The van der Waals surface area contributed by atoms with Crippen LogP contribution in [0, 0.1) is 5.92 Å². The maximum Gasteiger partial charge on any atom is 0.128 e. The summed E-state index contributed by atoms with van der Waals surface area (Å²) in [4.78, 5) is 6.81. The zero-order chi connectivity index (χ0) is 13.0. The zero-order valence-electron chi connectivity index (χ0n) is 11.8. The second-order valence-electron chi connectivity index (χ2n) is 5.34. The third-order valence-corrected chi connectivity index (χ3v) is 3.90. The van der Waals surface area contributed by atoms with E-state index in [2.05, 4.69) is 48.1 Å². The van der Waals surface area contributed by atoms with Crippen molar-refractivity contribution in [2.24, 2.45) is 5.92 Å². The molecule has 1 N–H and O–H groups in total. The molecule has 2 unspecified atom stereocenters. The van der Waals surface area contributed by atoms with Gasteiger partial charge in [0, 0.05) is 19.1 Å². The Labute approximate surface area is 111 Å². The molecule has 2 atom stereocenters. The topological polar surface area (TPSA) is 28.2 Å². The first-order valence-electron chi connectivity index (χ1n) is 7.20. The van der Waals surface area contributed by atoms with E-state index in [-0.39, 0.29) is 0 Å². The molecular formula is C15H25N3. The molecule has 0 bridgehead atoms. The van der Waals surface area contributed by atoms with Crippen molar-refractivity contribution in [2.75, 3.05) is 23.3 Å². The summed E-state index contributed by atoms with van der Waals surface area (Å²) in [5.41, 5.74) is 1.16. The molecule has 3 heteroatoms. The van der Waals surface area contributed by atoms with E-state index in [1.54, 1.807) is 0 Å². The van der Waals surface area contributed by atoms with Crippen LogP contribution < -0.4 is 10.2 Å². The predicted molar refractivity (Wildman–Crippen MR) is 78.2 cm³/mol. The lowest BCUT2D eigenvalue weighted by molar-refractivity contribution is 0.602. The van der Waals surface area contributed by atoms with Crippen molar-refractivity contribution in [3.05, 3.63) is 18.3 Å². The fourth-order valence-electron chi connectivity index (χ4n) is 2.78. The molecule has 1 aromatic rings. The molecule has 0 aliphatic heterocycles. The van der Waals surface area contributed by atoms with E-state index in [0.717, 1.165) is 30.5 Å². The number of hydrogen-bond donors (Lipinski definition) is 1. The first kappa shape index (κ1) is 13.2. The van der Waals surface area contributed by atoms with Crippen molar-refractivity contribution in [3.63, 3.8) is 0 Å². The molecule has 3 nitrogen and oxygen atoms in total. The fraction of sp³-hybridized carbons (Fsp3) is 0.667. The predicted octanol–water partition coefficient (Wildman–Crippen LogP) is 3.53. The number of rotatable bonds is 5. The van der Waals surface area contributed by atoms with Crippen LogP contribution in [0.15, 0.2) is 18.3 Å². The Bertz CT molecular complexity index is 357. The van der Waals surface area contributed by atoms with Gasteiger partial charge in [-0.05, 0) is 51.2 Å². The van der Waals surface area contributed by atoms with Gasteiger partial charge in [0.05, 0.1) is 11.9 Å². The van der Waals surface area contributed by atoms with Crippen LogP contribution in [0.1, 0.15) is 40.0 Å². The number of pyridine rings is 1. The van der Waals surface area contributed by atoms with Crippen LogP contribution in [0.5, 0.6) is 0 Å². The average molecular weight is 247 g/mol. The second kappa shape index (κ2) is 6.07. The van der Waals surface area contributed by atoms with E-state index in [4.69, 9.17) is 0 Å². The molecule has 0 amide bonds. The molecule has 100 valence electrons. The van der Waals surface area contributed by atoms with Gasteiger partial charge in [0.15, 0.2) is 0 Å². The second-order valence-corrected chi connectivity index (χ2v) is 5.34. The van der Waals surface area contributed by atoms with Crippen molar-refractivity contribution in [2.45, 2.75) is 46.1 Å². The van der Waals surface area contributed by atoms with Crippen LogP contribution in [0.3, 0.4) is 0 Å². The number of anilines is 2. The number of aromatic nitrogens is 1. The molecule has 1 fully saturated rings. The van der Waals surface area contributed by atoms with Gasteiger partial charge in [0.1, 0.15) is 5.82 Å². The van der Waals surface area contributed by atoms with Crippen LogP contribution in [0.2, 0.25) is 0 Å². The Kier molecular flexibility index (Phi) is 4.45. The Morgan fingerprint density at radius 2 is 2.06 bits per heavy atom. The van der Waals surface area contributed by atoms with E-state index in [1.165, 1.54) is 19.3 Å². The Hall–Kier alpha value is -1.25. The molecule has 1 heterocycles. The van der Waals surface area contributed by atoms with Gasteiger partial charge >= 0.3 is 0 Å². The summed E-state index contributed by atoms with van der Waals surface area (Å²) in [5, 5.41) is 3.59. The van der Waals surface area contributed by atoms with Crippen molar-refractivity contribution in [1.29, 1.82) is 0 Å². The van der Waals surface area contributed by atoms with Crippen molar-refractivity contribution < 1.29 is 0 Å². The lowest BCUT2D eigenvalue weighted by Gasteiger charge is -2.20. The molecule has 0 radical (unpaired) electrons. The standard InChI is InChI=1S/C15H25N3/c1-4-18(5-2)15-9-8-14(11-16-15)17-13-7-6-12(3)10-13/h8-9,11-13,17H,4-7,10H2,1-3H3. The van der Waals surface area contributed by atoms with Crippen LogP contribution in [0.25, 0.3) is 0 Å². The third-order valence-electron chi connectivity index (χ3n) is 3.90. The van der Waals surface area contributed by atoms with Crippen molar-refractivity contribution >= 4 is 11.5 Å². The summed E-state index contributed by atoms with van der Waals surface area (Å²) in [6, 6.07) is 4.92. The highest BCUT2D eigenvalue weighted by atomic mass is 15.2. The monoisotopic (exact) mass is 247 g/mol. The van der Waals surface area contributed by atoms with E-state index >= 15 is 0 Å². The third kappa shape index (κ3) is 3.15. The van der Waals surface area contributed by atoms with Crippen LogP contribution in [0.4, 0.5) is 11.5 Å². The van der Waals surface area contributed by atoms with Gasteiger partial charge in [-0.25, -0.2) is 4.98 Å². The zero-order valence-corrected chi connectivity index (χ0v) is 11.8. The van der Waals surface area contributed by atoms with E-state index in [0.29, 0.717) is 6.04 Å². The molecule has 1 aromatic heterocycles. The van der Waals surface area contributed by atoms with Crippen LogP contribution >= 0.6 is 0 Å². The Balaban J connectivity index is 1.95. The quantitative estimate of drug-likeness (QED) is 0.862. The Morgan fingerprint density at radius 3 is 2.56 bits per heavy atom. The lowest BCUT2D eigenvalue weighted by atomic mass is 10.1. The summed E-state index contributed by atoms with van der Waals surface area (Å²) in [6.07, 6.45) is 5.90. The number of hydrogen-bond acceptors (Lipinski definition) is 3. The molecule has 1 aliphatic rings. The summed E-state index contributed by atoms with van der Waals surface area (Å²) in [7, 11) is 0. The van der Waals surface area contributed by atoms with E-state index < -0.39 is 0 Å². The summed E-state index contributed by atoms with van der Waals surface area (Å²) < 4.78 is 0. The molecule has 1 aliphatic carbocycles. The maximum absolute atomic E-state index is 4.55. The van der Waals surface area contributed by atoms with E-state index in [1.807, 2.05) is 6.20 Å². The minimum atomic E-state index is 0.640. The van der Waals surface area contributed by atoms with Gasteiger partial charge in [-0.1, -0.05) is 6.92 Å². The minimum Gasteiger partial charge on any atom is -0.381 e. The molecule has 1 saturated carbocycles. The lowest BCUT2D eigenvalue weighted by Crippen LogP contribution is -2.23. The normalized spacial score (nSPS) is 23.1. The summed E-state index contributed by atoms with van der Waals surface area (Å²) in [6.45, 7) is 8.69. The summed E-state index contributed by atoms with van der Waals surface area (Å²) in [5.74, 6) is 1.94. The van der Waals surface area contributed by atoms with Gasteiger partial charge in [-0.15, -0.1) is 0 Å². The van der Waals surface area contributed by atoms with Gasteiger partial charge in [-0.3, -0.25) is 0 Å². The van der Waals surface area contributed by atoms with Crippen LogP contribution in [-0.2, 0) is 0 Å². The largest absolute Gasteiger partial charge is 0.381 e. The van der Waals surface area contributed by atoms with Gasteiger partial charge in [0.2, 0.25) is 0 Å². The highest BCUT2D eigenvalue weighted by molar-refractivity contribution is 5.49. The van der Waals surface area contributed by atoms with Crippen molar-refractivity contribution in [1.82, 2.24) is 4.98 Å². The highest BCUT2D eigenvalue weighted by Crippen LogP contribution is 2.27. The van der Waals surface area contributed by atoms with E-state index in [9.17, 15) is 0 Å². The molecule has 2 rings (SSSR count). The minimum absolute atomic E-state index is 0.640. The first-order chi connectivity index (χ1) is 8.72. The molecular weight excluding hydrogens is 222 g/mol. The van der Waals surface area contributed by atoms with Gasteiger partial charge < -0.3 is 10.2 Å².